The van der Waals surface area contributed by atoms with Gasteiger partial charge in [-0.3, -0.25) is 9.59 Å². The first kappa shape index (κ1) is 25.1. The molecule has 0 aliphatic carbocycles. The van der Waals surface area contributed by atoms with Crippen LogP contribution in [0.3, 0.4) is 0 Å². The normalized spacial score (nSPS) is 11.8. The molecule has 0 aliphatic rings. The largest absolute Gasteiger partial charge is 0.343 e. The summed E-state index contributed by atoms with van der Waals surface area (Å²) in [5.41, 5.74) is 3.27. The zero-order chi connectivity index (χ0) is 24.5. The van der Waals surface area contributed by atoms with Crippen LogP contribution in [0.15, 0.2) is 53.5 Å². The van der Waals surface area contributed by atoms with E-state index in [-0.39, 0.29) is 38.9 Å². The summed E-state index contributed by atoms with van der Waals surface area (Å²) < 4.78 is 0. The molecule has 0 aliphatic heterocycles. The third-order valence-corrected chi connectivity index (χ3v) is 6.67. The second kappa shape index (κ2) is 9.74. The molecule has 0 fully saturated rings. The van der Waals surface area contributed by atoms with Gasteiger partial charge in [0, 0.05) is 11.8 Å². The van der Waals surface area contributed by atoms with Crippen LogP contribution in [-0.2, 0) is 5.54 Å². The predicted octanol–water partition coefficient (Wildman–Crippen LogP) is 7.26. The smallest absolute Gasteiger partial charge is 0.257 e. The molecule has 33 heavy (non-hydrogen) atoms. The van der Waals surface area contributed by atoms with Crippen molar-refractivity contribution in [3.05, 3.63) is 91.3 Å². The second-order valence-corrected chi connectivity index (χ2v) is 10.2. The van der Waals surface area contributed by atoms with Crippen molar-refractivity contribution >= 4 is 29.1 Å². The van der Waals surface area contributed by atoms with E-state index in [1.807, 2.05) is 56.3 Å². The van der Waals surface area contributed by atoms with Gasteiger partial charge in [0.1, 0.15) is 0 Å². The summed E-state index contributed by atoms with van der Waals surface area (Å²) in [6.45, 7) is 12.2. The average molecular weight is 485 g/mol. The number of H-pyrrole nitrogens is 1. The molecule has 0 saturated carbocycles. The molecule has 6 heteroatoms. The Hall–Kier alpha value is -2.56. The number of nitrogens with one attached hydrogen (secondary N) is 2. The molecule has 2 aromatic carbocycles. The number of aromatic nitrogens is 1. The van der Waals surface area contributed by atoms with Crippen molar-refractivity contribution < 1.29 is 4.79 Å². The molecule has 3 aromatic rings. The fourth-order valence-corrected chi connectivity index (χ4v) is 4.59. The molecule has 2 N–H and O–H groups in total. The molecule has 0 saturated heterocycles. The molecular weight excluding hydrogens is 455 g/mol. The van der Waals surface area contributed by atoms with Crippen LogP contribution in [0.2, 0.25) is 10.0 Å². The molecule has 0 atom stereocenters. The van der Waals surface area contributed by atoms with Crippen molar-refractivity contribution in [2.75, 3.05) is 0 Å². The van der Waals surface area contributed by atoms with E-state index in [2.05, 4.69) is 38.0 Å². The number of carbonyl (C=O) groups is 1. The van der Waals surface area contributed by atoms with Gasteiger partial charge in [0.25, 0.3) is 11.5 Å². The lowest BCUT2D eigenvalue weighted by molar-refractivity contribution is 0.0909. The third kappa shape index (κ3) is 5.02. The molecule has 4 nitrogen and oxygen atoms in total. The Morgan fingerprint density at radius 1 is 0.939 bits per heavy atom. The van der Waals surface area contributed by atoms with Crippen LogP contribution >= 0.6 is 23.2 Å². The molecule has 0 bridgehead atoms. The maximum absolute atomic E-state index is 13.7. The highest BCUT2D eigenvalue weighted by Gasteiger charge is 2.30. The van der Waals surface area contributed by atoms with Crippen molar-refractivity contribution in [2.24, 2.45) is 0 Å². The molecule has 0 spiro atoms. The van der Waals surface area contributed by atoms with E-state index in [9.17, 15) is 9.59 Å². The number of amides is 1. The number of hydrogen-bond acceptors (Lipinski definition) is 2. The van der Waals surface area contributed by atoms with Gasteiger partial charge in [0.05, 0.1) is 21.1 Å². The van der Waals surface area contributed by atoms with Gasteiger partial charge in [-0.2, -0.15) is 0 Å². The van der Waals surface area contributed by atoms with E-state index < -0.39 is 5.54 Å². The van der Waals surface area contributed by atoms with Crippen LogP contribution in [0.4, 0.5) is 0 Å². The van der Waals surface area contributed by atoms with Gasteiger partial charge in [-0.25, -0.2) is 0 Å². The lowest BCUT2D eigenvalue weighted by Crippen LogP contribution is -2.42. The number of benzene rings is 2. The SMILES string of the molecule is CC(C)c1cccc(C(C)C)c1C(=O)NC(C)(C)c1ccccc1-c1c(Cl)c(Cl)c[nH]c1=O. The first-order valence-electron chi connectivity index (χ1n) is 11.1. The molecule has 174 valence electrons. The van der Waals surface area contributed by atoms with Crippen LogP contribution in [-0.4, -0.2) is 10.9 Å². The number of halogens is 2. The lowest BCUT2D eigenvalue weighted by Gasteiger charge is -2.31. The fourth-order valence-electron chi connectivity index (χ4n) is 4.20. The van der Waals surface area contributed by atoms with E-state index in [0.29, 0.717) is 11.1 Å². The number of hydrogen-bond donors (Lipinski definition) is 2. The number of carbonyl (C=O) groups excluding carboxylic acids is 1. The van der Waals surface area contributed by atoms with Crippen LogP contribution in [0.1, 0.15) is 80.4 Å². The molecule has 0 unspecified atom stereocenters. The molecule has 0 radical (unpaired) electrons. The highest BCUT2D eigenvalue weighted by Crippen LogP contribution is 2.36. The van der Waals surface area contributed by atoms with Crippen molar-refractivity contribution in [3.63, 3.8) is 0 Å². The standard InChI is InChI=1S/C27H30Cl2N2O2/c1-15(2)17-11-9-12-18(16(3)4)22(17)26(33)31-27(5,6)20-13-8-7-10-19(20)23-24(29)21(28)14-30-25(23)32/h7-16H,1-6H3,(H,30,32)(H,31,33). The van der Waals surface area contributed by atoms with E-state index >= 15 is 0 Å². The summed E-state index contributed by atoms with van der Waals surface area (Å²) in [5.74, 6) is 0.251. The van der Waals surface area contributed by atoms with Crippen LogP contribution < -0.4 is 10.9 Å². The van der Waals surface area contributed by atoms with Gasteiger partial charge in [-0.1, -0.05) is 93.4 Å². The van der Waals surface area contributed by atoms with Crippen molar-refractivity contribution in [3.8, 4) is 11.1 Å². The van der Waals surface area contributed by atoms with Crippen molar-refractivity contribution in [1.29, 1.82) is 0 Å². The highest BCUT2D eigenvalue weighted by atomic mass is 35.5. The van der Waals surface area contributed by atoms with E-state index in [1.165, 1.54) is 6.20 Å². The summed E-state index contributed by atoms with van der Waals surface area (Å²) in [4.78, 5) is 29.0. The summed E-state index contributed by atoms with van der Waals surface area (Å²) in [6.07, 6.45) is 1.38. The first-order valence-corrected chi connectivity index (χ1v) is 11.8. The minimum absolute atomic E-state index is 0.145. The molecule has 3 rings (SSSR count). The highest BCUT2D eigenvalue weighted by molar-refractivity contribution is 6.43. The quantitative estimate of drug-likeness (QED) is 0.386. The monoisotopic (exact) mass is 484 g/mol. The topological polar surface area (TPSA) is 62.0 Å². The molecule has 1 heterocycles. The summed E-state index contributed by atoms with van der Waals surface area (Å²) in [7, 11) is 0. The summed E-state index contributed by atoms with van der Waals surface area (Å²) in [5, 5.41) is 3.66. The zero-order valence-corrected chi connectivity index (χ0v) is 21.4. The van der Waals surface area contributed by atoms with Crippen LogP contribution in [0.5, 0.6) is 0 Å². The Morgan fingerprint density at radius 2 is 1.52 bits per heavy atom. The maximum Gasteiger partial charge on any atom is 0.257 e. The van der Waals surface area contributed by atoms with Gasteiger partial charge in [-0.15, -0.1) is 0 Å². The van der Waals surface area contributed by atoms with Gasteiger partial charge >= 0.3 is 0 Å². The zero-order valence-electron chi connectivity index (χ0n) is 19.8. The molecule has 1 aromatic heterocycles. The van der Waals surface area contributed by atoms with E-state index in [0.717, 1.165) is 16.7 Å². The van der Waals surface area contributed by atoms with Gasteiger partial charge in [0.2, 0.25) is 0 Å². The number of pyridine rings is 1. The molecule has 1 amide bonds. The molecular formula is C27H30Cl2N2O2. The van der Waals surface area contributed by atoms with E-state index in [1.54, 1.807) is 0 Å². The Morgan fingerprint density at radius 3 is 2.09 bits per heavy atom. The minimum Gasteiger partial charge on any atom is -0.343 e. The Bertz CT molecular complexity index is 1220. The van der Waals surface area contributed by atoms with Gasteiger partial charge < -0.3 is 10.3 Å². The summed E-state index contributed by atoms with van der Waals surface area (Å²) >= 11 is 12.6. The van der Waals surface area contributed by atoms with Crippen LogP contribution in [0.25, 0.3) is 11.1 Å². The average Bonchev–Trinajstić information content (AvgIpc) is 2.76. The minimum atomic E-state index is -0.801. The first-order chi connectivity index (χ1) is 15.5. The number of rotatable bonds is 6. The Kier molecular flexibility index (Phi) is 7.40. The predicted molar refractivity (Wildman–Crippen MR) is 138 cm³/mol. The Balaban J connectivity index is 2.12. The van der Waals surface area contributed by atoms with E-state index in [4.69, 9.17) is 23.2 Å². The van der Waals surface area contributed by atoms with Crippen LogP contribution in [0, 0.1) is 0 Å². The van der Waals surface area contributed by atoms with Gasteiger partial charge in [-0.05, 0) is 47.9 Å². The lowest BCUT2D eigenvalue weighted by atomic mass is 9.85. The Labute approximate surface area is 205 Å². The maximum atomic E-state index is 13.7. The fraction of sp³-hybridized carbons (Fsp3) is 0.333. The van der Waals surface area contributed by atoms with Crippen molar-refractivity contribution in [1.82, 2.24) is 10.3 Å². The third-order valence-electron chi connectivity index (χ3n) is 5.88. The van der Waals surface area contributed by atoms with Gasteiger partial charge in [0.15, 0.2) is 0 Å². The number of aromatic amines is 1. The second-order valence-electron chi connectivity index (χ2n) is 9.40. The summed E-state index contributed by atoms with van der Waals surface area (Å²) in [6, 6.07) is 13.5. The van der Waals surface area contributed by atoms with Crippen molar-refractivity contribution in [2.45, 2.75) is 58.9 Å².